The lowest BCUT2D eigenvalue weighted by atomic mass is 10.2. The molecule has 3 rings (SSSR count). The van der Waals surface area contributed by atoms with E-state index in [1.54, 1.807) is 30.3 Å². The van der Waals surface area contributed by atoms with Gasteiger partial charge in [0, 0.05) is 23.2 Å². The summed E-state index contributed by atoms with van der Waals surface area (Å²) in [5.74, 6) is -2.05. The lowest BCUT2D eigenvalue weighted by Crippen LogP contribution is -2.43. The maximum atomic E-state index is 13.4. The molecule has 1 aliphatic heterocycles. The van der Waals surface area contributed by atoms with Crippen molar-refractivity contribution in [2.24, 2.45) is 0 Å². The second-order valence-corrected chi connectivity index (χ2v) is 7.91. The van der Waals surface area contributed by atoms with Gasteiger partial charge in [0.15, 0.2) is 16.4 Å². The molecule has 0 spiro atoms. The maximum absolute atomic E-state index is 13.4. The third-order valence-corrected chi connectivity index (χ3v) is 5.39. The molecule has 0 saturated carbocycles. The van der Waals surface area contributed by atoms with Crippen molar-refractivity contribution in [1.29, 1.82) is 0 Å². The van der Waals surface area contributed by atoms with E-state index >= 15 is 0 Å². The van der Waals surface area contributed by atoms with E-state index in [4.69, 9.17) is 4.74 Å². The SMILES string of the molecule is O=C(COc1cc(F)ccc1[N+](=O)[O-])N(c1ccccc1)[C@H]1C=CS(=O)(=O)C1. The number of amides is 1. The number of halogens is 1. The number of ether oxygens (including phenoxy) is 1. The summed E-state index contributed by atoms with van der Waals surface area (Å²) in [4.78, 5) is 24.3. The average Bonchev–Trinajstić information content (AvgIpc) is 3.00. The first-order chi connectivity index (χ1) is 13.3. The van der Waals surface area contributed by atoms with Crippen LogP contribution < -0.4 is 9.64 Å². The minimum atomic E-state index is -3.43. The molecule has 0 unspecified atom stereocenters. The van der Waals surface area contributed by atoms with Crippen molar-refractivity contribution < 1.29 is 27.3 Å². The van der Waals surface area contributed by atoms with Crippen LogP contribution in [0.25, 0.3) is 0 Å². The van der Waals surface area contributed by atoms with Gasteiger partial charge in [-0.25, -0.2) is 12.8 Å². The van der Waals surface area contributed by atoms with Crippen molar-refractivity contribution in [2.75, 3.05) is 17.3 Å². The molecule has 28 heavy (non-hydrogen) atoms. The van der Waals surface area contributed by atoms with Gasteiger partial charge in [0.2, 0.25) is 5.75 Å². The highest BCUT2D eigenvalue weighted by atomic mass is 32.2. The lowest BCUT2D eigenvalue weighted by Gasteiger charge is -2.27. The molecule has 1 amide bonds. The molecule has 0 aromatic heterocycles. The standard InChI is InChI=1S/C18H15FN2O6S/c19-13-6-7-16(21(23)24)17(10-13)27-11-18(22)20(14-4-2-1-3-5-14)15-8-9-28(25,26)12-15/h1-10,15H,11-12H2/t15-/m0/s1. The summed E-state index contributed by atoms with van der Waals surface area (Å²) in [7, 11) is -3.43. The van der Waals surface area contributed by atoms with Gasteiger partial charge in [0.25, 0.3) is 5.91 Å². The van der Waals surface area contributed by atoms with Crippen LogP contribution in [0.1, 0.15) is 0 Å². The van der Waals surface area contributed by atoms with Crippen LogP contribution in [0, 0.1) is 15.9 Å². The number of benzene rings is 2. The lowest BCUT2D eigenvalue weighted by molar-refractivity contribution is -0.385. The monoisotopic (exact) mass is 406 g/mol. The van der Waals surface area contributed by atoms with Crippen LogP contribution in [0.2, 0.25) is 0 Å². The van der Waals surface area contributed by atoms with E-state index in [0.29, 0.717) is 5.69 Å². The smallest absolute Gasteiger partial charge is 0.311 e. The van der Waals surface area contributed by atoms with Gasteiger partial charge in [-0.15, -0.1) is 0 Å². The third kappa shape index (κ3) is 4.34. The molecular weight excluding hydrogens is 391 g/mol. The zero-order chi connectivity index (χ0) is 20.3. The molecule has 1 atom stereocenters. The summed E-state index contributed by atoms with van der Waals surface area (Å²) >= 11 is 0. The van der Waals surface area contributed by atoms with E-state index in [9.17, 15) is 27.7 Å². The topological polar surface area (TPSA) is 107 Å². The molecule has 0 radical (unpaired) electrons. The van der Waals surface area contributed by atoms with E-state index in [0.717, 1.165) is 23.6 Å². The van der Waals surface area contributed by atoms with E-state index in [1.807, 2.05) is 0 Å². The zero-order valence-electron chi connectivity index (χ0n) is 14.4. The number of sulfone groups is 1. The molecule has 8 nitrogen and oxygen atoms in total. The number of hydrogen-bond acceptors (Lipinski definition) is 6. The fourth-order valence-electron chi connectivity index (χ4n) is 2.79. The number of nitrogens with zero attached hydrogens (tertiary/aromatic N) is 2. The summed E-state index contributed by atoms with van der Waals surface area (Å²) in [6.45, 7) is -0.635. The molecule has 0 N–H and O–H groups in total. The van der Waals surface area contributed by atoms with Gasteiger partial charge in [-0.2, -0.15) is 0 Å². The highest BCUT2D eigenvalue weighted by Gasteiger charge is 2.32. The summed E-state index contributed by atoms with van der Waals surface area (Å²) in [5.41, 5.74) is -0.0413. The van der Waals surface area contributed by atoms with Gasteiger partial charge in [0.05, 0.1) is 16.7 Å². The van der Waals surface area contributed by atoms with Crippen molar-refractivity contribution >= 4 is 27.1 Å². The van der Waals surface area contributed by atoms with Crippen LogP contribution in [0.3, 0.4) is 0 Å². The molecule has 146 valence electrons. The number of carbonyl (C=O) groups excluding carboxylic acids is 1. The van der Waals surface area contributed by atoms with Crippen LogP contribution >= 0.6 is 0 Å². The Morgan fingerprint density at radius 3 is 2.57 bits per heavy atom. The number of anilines is 1. The number of nitro groups is 1. The van der Waals surface area contributed by atoms with E-state index in [-0.39, 0.29) is 11.5 Å². The minimum absolute atomic E-state index is 0.284. The molecule has 0 fully saturated rings. The van der Waals surface area contributed by atoms with Gasteiger partial charge in [-0.05, 0) is 24.3 Å². The maximum Gasteiger partial charge on any atom is 0.311 e. The van der Waals surface area contributed by atoms with E-state index in [1.165, 1.54) is 11.0 Å². The quantitative estimate of drug-likeness (QED) is 0.539. The summed E-state index contributed by atoms with van der Waals surface area (Å²) in [5, 5.41) is 12.1. The van der Waals surface area contributed by atoms with Crippen LogP contribution in [-0.2, 0) is 14.6 Å². The first kappa shape index (κ1) is 19.5. The Balaban J connectivity index is 1.84. The Morgan fingerprint density at radius 1 is 1.25 bits per heavy atom. The van der Waals surface area contributed by atoms with Crippen LogP contribution in [0.5, 0.6) is 5.75 Å². The van der Waals surface area contributed by atoms with Crippen molar-refractivity contribution in [1.82, 2.24) is 0 Å². The molecule has 10 heteroatoms. The Hall–Kier alpha value is -3.27. The van der Waals surface area contributed by atoms with Crippen molar-refractivity contribution in [3.8, 4) is 5.75 Å². The van der Waals surface area contributed by atoms with Gasteiger partial charge in [-0.1, -0.05) is 18.2 Å². The van der Waals surface area contributed by atoms with Crippen molar-refractivity contribution in [3.63, 3.8) is 0 Å². The fourth-order valence-corrected chi connectivity index (χ4v) is 4.06. The number of para-hydroxylation sites is 1. The molecule has 1 heterocycles. The molecule has 2 aromatic rings. The van der Waals surface area contributed by atoms with Gasteiger partial charge >= 0.3 is 5.69 Å². The Morgan fingerprint density at radius 2 is 1.96 bits per heavy atom. The Kier molecular flexibility index (Phi) is 5.41. The summed E-state index contributed by atoms with van der Waals surface area (Å²) in [6.07, 6.45) is 1.39. The van der Waals surface area contributed by atoms with Crippen molar-refractivity contribution in [3.05, 3.63) is 75.9 Å². The van der Waals surface area contributed by atoms with Crippen molar-refractivity contribution in [2.45, 2.75) is 6.04 Å². The second kappa shape index (κ2) is 7.77. The summed E-state index contributed by atoms with van der Waals surface area (Å²) < 4.78 is 42.2. The number of hydrogen-bond donors (Lipinski definition) is 0. The molecular formula is C18H15FN2O6S. The molecule has 0 saturated heterocycles. The highest BCUT2D eigenvalue weighted by Crippen LogP contribution is 2.28. The average molecular weight is 406 g/mol. The predicted octanol–water partition coefficient (Wildman–Crippen LogP) is 2.46. The molecule has 1 aliphatic rings. The summed E-state index contributed by atoms with van der Waals surface area (Å²) in [6, 6.07) is 10.3. The minimum Gasteiger partial charge on any atom is -0.477 e. The molecule has 0 bridgehead atoms. The zero-order valence-corrected chi connectivity index (χ0v) is 15.2. The number of nitro benzene ring substituents is 1. The first-order valence-corrected chi connectivity index (χ1v) is 9.83. The largest absolute Gasteiger partial charge is 0.477 e. The molecule has 0 aliphatic carbocycles. The van der Waals surface area contributed by atoms with Crippen LogP contribution in [0.15, 0.2) is 60.0 Å². The highest BCUT2D eigenvalue weighted by molar-refractivity contribution is 7.94. The second-order valence-electron chi connectivity index (χ2n) is 5.98. The fraction of sp³-hybridized carbons (Fsp3) is 0.167. The predicted molar refractivity (Wildman–Crippen MR) is 99.2 cm³/mol. The van der Waals surface area contributed by atoms with Gasteiger partial charge in [-0.3, -0.25) is 14.9 Å². The molecule has 2 aromatic carbocycles. The first-order valence-electron chi connectivity index (χ1n) is 8.11. The Bertz CT molecular complexity index is 1040. The number of carbonyl (C=O) groups is 1. The van der Waals surface area contributed by atoms with E-state index in [2.05, 4.69) is 0 Å². The van der Waals surface area contributed by atoms with Gasteiger partial charge in [0.1, 0.15) is 5.82 Å². The Labute approximate surface area is 159 Å². The van der Waals surface area contributed by atoms with Crippen LogP contribution in [-0.4, -0.2) is 37.6 Å². The normalized spacial score (nSPS) is 17.2. The van der Waals surface area contributed by atoms with Gasteiger partial charge < -0.3 is 9.64 Å². The van der Waals surface area contributed by atoms with Crippen LogP contribution in [0.4, 0.5) is 15.8 Å². The van der Waals surface area contributed by atoms with E-state index < -0.39 is 44.8 Å². The number of rotatable bonds is 6. The third-order valence-electron chi connectivity index (χ3n) is 4.02.